The zero-order valence-electron chi connectivity index (χ0n) is 6.22. The molecular formula is C7H12N4. The minimum Gasteiger partial charge on any atom is -0.397 e. The van der Waals surface area contributed by atoms with Gasteiger partial charge in [0, 0.05) is 18.3 Å². The van der Waals surface area contributed by atoms with Crippen LogP contribution in [-0.4, -0.2) is 10.8 Å². The lowest BCUT2D eigenvalue weighted by Crippen LogP contribution is -2.10. The lowest BCUT2D eigenvalue weighted by molar-refractivity contribution is 0.977. The number of H-pyrrole nitrogens is 1. The van der Waals surface area contributed by atoms with E-state index in [-0.39, 0.29) is 5.84 Å². The van der Waals surface area contributed by atoms with E-state index in [1.165, 1.54) is 0 Å². The van der Waals surface area contributed by atoms with Crippen molar-refractivity contribution in [3.63, 3.8) is 0 Å². The van der Waals surface area contributed by atoms with Gasteiger partial charge in [0.2, 0.25) is 0 Å². The van der Waals surface area contributed by atoms with Crippen molar-refractivity contribution in [3.8, 4) is 0 Å². The Hall–Kier alpha value is -1.45. The fraction of sp³-hybridized carbons (Fsp3) is 0.286. The summed E-state index contributed by atoms with van der Waals surface area (Å²) in [6, 6.07) is 1.80. The standard InChI is InChI=1S/C7H12N4/c8-5-3-4-11-6(5)1-2-7(9)10/h3-4,11H,1-2,8H2,(H3,9,10). The van der Waals surface area contributed by atoms with E-state index in [0.717, 1.165) is 11.4 Å². The Kier molecular flexibility index (Phi) is 2.15. The van der Waals surface area contributed by atoms with E-state index in [1.54, 1.807) is 12.3 Å². The third-order valence-corrected chi connectivity index (χ3v) is 1.51. The SMILES string of the molecule is N=C(N)CCc1[nH]ccc1N. The number of hydrogen-bond acceptors (Lipinski definition) is 2. The number of nitrogens with two attached hydrogens (primary N) is 2. The van der Waals surface area contributed by atoms with Crippen LogP contribution in [0.25, 0.3) is 0 Å². The predicted octanol–water partition coefficient (Wildman–Crippen LogP) is 0.465. The number of amidine groups is 1. The van der Waals surface area contributed by atoms with E-state index in [1.807, 2.05) is 0 Å². The molecule has 0 fully saturated rings. The molecule has 0 aliphatic heterocycles. The fourth-order valence-corrected chi connectivity index (χ4v) is 0.892. The molecule has 0 aliphatic rings. The molecule has 1 heterocycles. The van der Waals surface area contributed by atoms with Gasteiger partial charge in [0.05, 0.1) is 11.5 Å². The van der Waals surface area contributed by atoms with E-state index < -0.39 is 0 Å². The van der Waals surface area contributed by atoms with Crippen molar-refractivity contribution in [1.29, 1.82) is 5.41 Å². The van der Waals surface area contributed by atoms with Crippen molar-refractivity contribution in [2.24, 2.45) is 5.73 Å². The second-order valence-corrected chi connectivity index (χ2v) is 2.44. The average Bonchev–Trinajstić information content (AvgIpc) is 2.31. The van der Waals surface area contributed by atoms with Gasteiger partial charge in [-0.25, -0.2) is 0 Å². The summed E-state index contributed by atoms with van der Waals surface area (Å²) in [5, 5.41) is 6.99. The third kappa shape index (κ3) is 2.00. The molecule has 1 rings (SSSR count). The van der Waals surface area contributed by atoms with Gasteiger partial charge in [-0.1, -0.05) is 0 Å². The largest absolute Gasteiger partial charge is 0.397 e. The van der Waals surface area contributed by atoms with Crippen LogP contribution in [0.5, 0.6) is 0 Å². The number of nitrogen functional groups attached to an aromatic ring is 1. The number of rotatable bonds is 3. The zero-order chi connectivity index (χ0) is 8.27. The molecule has 4 nitrogen and oxygen atoms in total. The summed E-state index contributed by atoms with van der Waals surface area (Å²) in [6.45, 7) is 0. The van der Waals surface area contributed by atoms with Crippen LogP contribution in [0.3, 0.4) is 0 Å². The van der Waals surface area contributed by atoms with Gasteiger partial charge >= 0.3 is 0 Å². The van der Waals surface area contributed by atoms with Crippen LogP contribution >= 0.6 is 0 Å². The number of aromatic nitrogens is 1. The smallest absolute Gasteiger partial charge is 0.0909 e. The molecule has 6 N–H and O–H groups in total. The van der Waals surface area contributed by atoms with Gasteiger partial charge in [-0.05, 0) is 12.5 Å². The Labute approximate surface area is 65.1 Å². The van der Waals surface area contributed by atoms with Crippen molar-refractivity contribution in [3.05, 3.63) is 18.0 Å². The minimum atomic E-state index is 0.194. The highest BCUT2D eigenvalue weighted by atomic mass is 14.8. The first kappa shape index (κ1) is 7.65. The van der Waals surface area contributed by atoms with Crippen LogP contribution in [0, 0.1) is 5.41 Å². The van der Waals surface area contributed by atoms with Crippen molar-refractivity contribution < 1.29 is 0 Å². The second kappa shape index (κ2) is 3.09. The number of hydrogen-bond donors (Lipinski definition) is 4. The predicted molar refractivity (Wildman–Crippen MR) is 45.4 cm³/mol. The summed E-state index contributed by atoms with van der Waals surface area (Å²) in [4.78, 5) is 2.98. The van der Waals surface area contributed by atoms with Gasteiger partial charge in [-0.3, -0.25) is 5.41 Å². The van der Waals surface area contributed by atoms with E-state index in [0.29, 0.717) is 12.8 Å². The van der Waals surface area contributed by atoms with E-state index >= 15 is 0 Å². The molecule has 0 aromatic carbocycles. The molecule has 60 valence electrons. The van der Waals surface area contributed by atoms with Crippen LogP contribution in [0.1, 0.15) is 12.1 Å². The summed E-state index contributed by atoms with van der Waals surface area (Å²) >= 11 is 0. The summed E-state index contributed by atoms with van der Waals surface area (Å²) in [5.74, 6) is 0.194. The van der Waals surface area contributed by atoms with Crippen molar-refractivity contribution >= 4 is 11.5 Å². The van der Waals surface area contributed by atoms with Gasteiger partial charge in [-0.2, -0.15) is 0 Å². The molecule has 1 aromatic heterocycles. The molecule has 0 spiro atoms. The van der Waals surface area contributed by atoms with Gasteiger partial charge in [0.25, 0.3) is 0 Å². The summed E-state index contributed by atoms with van der Waals surface area (Å²) in [6.07, 6.45) is 3.06. The number of anilines is 1. The summed E-state index contributed by atoms with van der Waals surface area (Å²) in [5.41, 5.74) is 12.5. The van der Waals surface area contributed by atoms with Crippen molar-refractivity contribution in [2.75, 3.05) is 5.73 Å². The van der Waals surface area contributed by atoms with E-state index in [9.17, 15) is 0 Å². The highest BCUT2D eigenvalue weighted by molar-refractivity contribution is 5.77. The third-order valence-electron chi connectivity index (χ3n) is 1.51. The number of nitrogens with one attached hydrogen (secondary N) is 2. The van der Waals surface area contributed by atoms with E-state index in [4.69, 9.17) is 16.9 Å². The lowest BCUT2D eigenvalue weighted by atomic mass is 10.2. The van der Waals surface area contributed by atoms with Crippen molar-refractivity contribution in [1.82, 2.24) is 4.98 Å². The van der Waals surface area contributed by atoms with Crippen LogP contribution in [-0.2, 0) is 6.42 Å². The van der Waals surface area contributed by atoms with Gasteiger partial charge in [-0.15, -0.1) is 0 Å². The quantitative estimate of drug-likeness (QED) is 0.374. The summed E-state index contributed by atoms with van der Waals surface area (Å²) < 4.78 is 0. The second-order valence-electron chi connectivity index (χ2n) is 2.44. The molecule has 0 saturated heterocycles. The fourth-order valence-electron chi connectivity index (χ4n) is 0.892. The normalized spacial score (nSPS) is 9.82. The molecule has 0 unspecified atom stereocenters. The first-order chi connectivity index (χ1) is 5.20. The van der Waals surface area contributed by atoms with Crippen LogP contribution in [0.4, 0.5) is 5.69 Å². The molecule has 11 heavy (non-hydrogen) atoms. The maximum atomic E-state index is 6.99. The lowest BCUT2D eigenvalue weighted by Gasteiger charge is -1.97. The van der Waals surface area contributed by atoms with Crippen LogP contribution in [0.2, 0.25) is 0 Å². The molecule has 0 aliphatic carbocycles. The van der Waals surface area contributed by atoms with E-state index in [2.05, 4.69) is 4.98 Å². The maximum Gasteiger partial charge on any atom is 0.0909 e. The Morgan fingerprint density at radius 2 is 2.36 bits per heavy atom. The van der Waals surface area contributed by atoms with Crippen molar-refractivity contribution in [2.45, 2.75) is 12.8 Å². The maximum absolute atomic E-state index is 6.99. The Morgan fingerprint density at radius 3 is 2.82 bits per heavy atom. The molecule has 4 heteroatoms. The molecule has 0 bridgehead atoms. The molecule has 0 atom stereocenters. The highest BCUT2D eigenvalue weighted by Crippen LogP contribution is 2.09. The van der Waals surface area contributed by atoms with Gasteiger partial charge < -0.3 is 16.5 Å². The number of aryl methyl sites for hydroxylation is 1. The Morgan fingerprint density at radius 1 is 1.64 bits per heavy atom. The van der Waals surface area contributed by atoms with Crippen LogP contribution < -0.4 is 11.5 Å². The Bertz CT molecular complexity index is 251. The first-order valence-corrected chi connectivity index (χ1v) is 3.45. The van der Waals surface area contributed by atoms with Crippen LogP contribution in [0.15, 0.2) is 12.3 Å². The van der Waals surface area contributed by atoms with Gasteiger partial charge in [0.1, 0.15) is 0 Å². The molecule has 0 amide bonds. The summed E-state index contributed by atoms with van der Waals surface area (Å²) in [7, 11) is 0. The zero-order valence-corrected chi connectivity index (χ0v) is 6.22. The molecular weight excluding hydrogens is 140 g/mol. The average molecular weight is 152 g/mol. The molecule has 0 radical (unpaired) electrons. The monoisotopic (exact) mass is 152 g/mol. The highest BCUT2D eigenvalue weighted by Gasteiger charge is 1.99. The molecule has 1 aromatic rings. The van der Waals surface area contributed by atoms with Gasteiger partial charge in [0.15, 0.2) is 0 Å². The molecule has 0 saturated carbocycles. The Balaban J connectivity index is 2.51. The first-order valence-electron chi connectivity index (χ1n) is 3.45. The number of aromatic amines is 1. The minimum absolute atomic E-state index is 0.194. The topological polar surface area (TPSA) is 91.7 Å².